The zero-order valence-corrected chi connectivity index (χ0v) is 22.8. The van der Waals surface area contributed by atoms with E-state index in [1.165, 1.54) is 0 Å². The number of hydrogen-bond donors (Lipinski definition) is 1. The van der Waals surface area contributed by atoms with E-state index in [9.17, 15) is 18.7 Å². The molecule has 3 aromatic rings. The maximum atomic E-state index is 13.4. The molecule has 1 aliphatic heterocycles. The summed E-state index contributed by atoms with van der Waals surface area (Å²) in [4.78, 5) is 13.6. The summed E-state index contributed by atoms with van der Waals surface area (Å²) in [6, 6.07) is 8.84. The minimum atomic E-state index is -3.28. The summed E-state index contributed by atoms with van der Waals surface area (Å²) in [5.41, 5.74) is 4.69. The van der Waals surface area contributed by atoms with Gasteiger partial charge in [0, 0.05) is 66.9 Å². The number of aryl methyl sites for hydroxylation is 2. The fourth-order valence-corrected chi connectivity index (χ4v) is 5.77. The van der Waals surface area contributed by atoms with E-state index in [0.717, 1.165) is 39.0 Å². The Labute approximate surface area is 225 Å². The number of likely N-dealkylation sites (tertiary alicyclic amines) is 1. The second kappa shape index (κ2) is 10.2. The fourth-order valence-electron chi connectivity index (χ4n) is 5.16. The molecule has 1 N–H and O–H groups in total. The molecule has 1 saturated heterocycles. The van der Waals surface area contributed by atoms with Gasteiger partial charge in [0.05, 0.1) is 16.5 Å². The van der Waals surface area contributed by atoms with Crippen molar-refractivity contribution in [2.45, 2.75) is 39.7 Å². The normalized spacial score (nSPS) is 18.3. The van der Waals surface area contributed by atoms with Gasteiger partial charge < -0.3 is 19.3 Å². The number of aliphatic carboxylic acids is 1. The first kappa shape index (κ1) is 27.3. The number of hydrogen-bond acceptors (Lipinski definition) is 3. The highest BCUT2D eigenvalue weighted by molar-refractivity contribution is 6.37. The first-order chi connectivity index (χ1) is 17.3. The standard InChI is InChI=1S/C28H30Cl2F2N2O3/c1-15-10-19(37-28(4,31)32)13-25-22(15)11-18(33(25)5)12-23-24(29)7-6-21(26(23)30)17(3)34-9-8-20(27(35)36)16(2)14-34/h6-7,10-11,13,16,20H,3,8-9,12,14H2,1-2,4-5H3,(H,35,36)/t16-,20+/m0/s1. The Morgan fingerprint density at radius 1 is 1.27 bits per heavy atom. The Balaban J connectivity index is 1.64. The highest BCUT2D eigenvalue weighted by Crippen LogP contribution is 2.38. The van der Waals surface area contributed by atoms with Crippen molar-refractivity contribution in [1.29, 1.82) is 0 Å². The molecule has 1 aromatic heterocycles. The van der Waals surface area contributed by atoms with Crippen LogP contribution in [-0.2, 0) is 18.3 Å². The summed E-state index contributed by atoms with van der Waals surface area (Å²) >= 11 is 13.5. The number of ether oxygens (including phenoxy) is 1. The molecule has 2 aromatic carbocycles. The van der Waals surface area contributed by atoms with Gasteiger partial charge in [-0.15, -0.1) is 0 Å². The van der Waals surface area contributed by atoms with E-state index >= 15 is 0 Å². The smallest absolute Gasteiger partial charge is 0.394 e. The molecule has 37 heavy (non-hydrogen) atoms. The first-order valence-electron chi connectivity index (χ1n) is 12.1. The monoisotopic (exact) mass is 550 g/mol. The zero-order valence-electron chi connectivity index (χ0n) is 21.2. The van der Waals surface area contributed by atoms with E-state index in [2.05, 4.69) is 11.5 Å². The number of nitrogens with zero attached hydrogens (tertiary/aromatic N) is 2. The predicted octanol–water partition coefficient (Wildman–Crippen LogP) is 7.39. The van der Waals surface area contributed by atoms with Crippen LogP contribution in [0.3, 0.4) is 0 Å². The van der Waals surface area contributed by atoms with Crippen LogP contribution in [0.1, 0.15) is 42.7 Å². The van der Waals surface area contributed by atoms with Crippen LogP contribution in [-0.4, -0.2) is 39.7 Å². The minimum absolute atomic E-state index is 0.0193. The highest BCUT2D eigenvalue weighted by Gasteiger charge is 2.32. The second-order valence-corrected chi connectivity index (χ2v) is 10.7. The van der Waals surface area contributed by atoms with Gasteiger partial charge in [0.15, 0.2) is 0 Å². The molecule has 5 nitrogen and oxygen atoms in total. The predicted molar refractivity (Wildman–Crippen MR) is 144 cm³/mol. The van der Waals surface area contributed by atoms with Gasteiger partial charge in [-0.2, -0.15) is 8.78 Å². The van der Waals surface area contributed by atoms with Crippen molar-refractivity contribution in [2.24, 2.45) is 18.9 Å². The van der Waals surface area contributed by atoms with Gasteiger partial charge in [0.1, 0.15) is 5.75 Å². The van der Waals surface area contributed by atoms with E-state index in [1.54, 1.807) is 18.2 Å². The quantitative estimate of drug-likeness (QED) is 0.333. The summed E-state index contributed by atoms with van der Waals surface area (Å²) in [7, 11) is 1.86. The van der Waals surface area contributed by atoms with E-state index < -0.39 is 12.1 Å². The van der Waals surface area contributed by atoms with Gasteiger partial charge in [-0.05, 0) is 54.7 Å². The van der Waals surface area contributed by atoms with Crippen molar-refractivity contribution in [3.8, 4) is 5.75 Å². The molecular weight excluding hydrogens is 521 g/mol. The van der Waals surface area contributed by atoms with Crippen molar-refractivity contribution in [1.82, 2.24) is 9.47 Å². The van der Waals surface area contributed by atoms with Gasteiger partial charge in [-0.25, -0.2) is 0 Å². The van der Waals surface area contributed by atoms with Gasteiger partial charge in [0.2, 0.25) is 0 Å². The summed E-state index contributed by atoms with van der Waals surface area (Å²) in [5.74, 6) is -1.06. The van der Waals surface area contributed by atoms with Gasteiger partial charge in [-0.3, -0.25) is 4.79 Å². The number of halogens is 4. The maximum absolute atomic E-state index is 13.4. The molecule has 9 heteroatoms. The second-order valence-electron chi connectivity index (χ2n) is 9.95. The number of piperidine rings is 1. The van der Waals surface area contributed by atoms with Gasteiger partial charge in [-0.1, -0.05) is 36.7 Å². The molecule has 1 aliphatic rings. The molecule has 0 radical (unpaired) electrons. The molecule has 0 spiro atoms. The van der Waals surface area contributed by atoms with E-state index in [-0.39, 0.29) is 17.6 Å². The Hall–Kier alpha value is -2.77. The van der Waals surface area contributed by atoms with E-state index in [0.29, 0.717) is 42.9 Å². The van der Waals surface area contributed by atoms with Gasteiger partial charge >= 0.3 is 12.1 Å². The van der Waals surface area contributed by atoms with Crippen LogP contribution < -0.4 is 4.74 Å². The van der Waals surface area contributed by atoms with Crippen molar-refractivity contribution in [3.63, 3.8) is 0 Å². The average molecular weight is 551 g/mol. The Kier molecular flexibility index (Phi) is 7.50. The molecule has 0 amide bonds. The number of benzene rings is 2. The third-order valence-corrected chi connectivity index (χ3v) is 7.98. The van der Waals surface area contributed by atoms with Crippen molar-refractivity contribution < 1.29 is 23.4 Å². The number of carboxylic acids is 1. The van der Waals surface area contributed by atoms with Crippen LogP contribution in [0.2, 0.25) is 10.0 Å². The average Bonchev–Trinajstić information content (AvgIpc) is 3.10. The van der Waals surface area contributed by atoms with Crippen molar-refractivity contribution >= 4 is 45.8 Å². The summed E-state index contributed by atoms with van der Waals surface area (Å²) in [5, 5.41) is 11.4. The lowest BCUT2D eigenvalue weighted by Gasteiger charge is -2.37. The zero-order chi connectivity index (χ0) is 27.2. The number of fused-ring (bicyclic) bond motifs is 1. The molecule has 198 valence electrons. The SMILES string of the molecule is C=C(c1ccc(Cl)c(Cc2cc3c(C)cc(OC(C)(F)F)cc3n2C)c1Cl)N1CC[C@@H](C(=O)O)[C@@H](C)C1. The van der Waals surface area contributed by atoms with Crippen LogP contribution in [0.4, 0.5) is 8.78 Å². The van der Waals surface area contributed by atoms with Crippen LogP contribution in [0.15, 0.2) is 36.9 Å². The molecule has 0 unspecified atom stereocenters. The molecule has 1 fully saturated rings. The molecule has 2 heterocycles. The van der Waals surface area contributed by atoms with Gasteiger partial charge in [0.25, 0.3) is 0 Å². The third-order valence-electron chi connectivity index (χ3n) is 7.20. The minimum Gasteiger partial charge on any atom is -0.481 e. The molecule has 2 atom stereocenters. The summed E-state index contributed by atoms with van der Waals surface area (Å²) < 4.78 is 33.6. The Bertz CT molecular complexity index is 1380. The van der Waals surface area contributed by atoms with Crippen LogP contribution in [0, 0.1) is 18.8 Å². The Morgan fingerprint density at radius 3 is 2.59 bits per heavy atom. The molecular formula is C28H30Cl2F2N2O3. The third kappa shape index (κ3) is 5.58. The summed E-state index contributed by atoms with van der Waals surface area (Å²) in [6.45, 7) is 9.93. The molecule has 0 saturated carbocycles. The van der Waals surface area contributed by atoms with Crippen LogP contribution in [0.5, 0.6) is 5.75 Å². The number of alkyl halides is 2. The van der Waals surface area contributed by atoms with Crippen molar-refractivity contribution in [3.05, 3.63) is 69.3 Å². The van der Waals surface area contributed by atoms with Crippen LogP contribution >= 0.6 is 23.2 Å². The number of rotatable bonds is 7. The molecule has 0 aliphatic carbocycles. The summed E-state index contributed by atoms with van der Waals surface area (Å²) in [6.07, 6.45) is -2.32. The molecule has 0 bridgehead atoms. The molecule has 4 rings (SSSR count). The highest BCUT2D eigenvalue weighted by atomic mass is 35.5. The number of carbonyl (C=O) groups is 1. The van der Waals surface area contributed by atoms with Crippen LogP contribution in [0.25, 0.3) is 16.6 Å². The van der Waals surface area contributed by atoms with Crippen molar-refractivity contribution in [2.75, 3.05) is 13.1 Å². The number of aromatic nitrogens is 1. The first-order valence-corrected chi connectivity index (χ1v) is 12.8. The lowest BCUT2D eigenvalue weighted by molar-refractivity contribution is -0.158. The fraction of sp³-hybridized carbons (Fsp3) is 0.393. The topological polar surface area (TPSA) is 54.7 Å². The largest absolute Gasteiger partial charge is 0.481 e. The van der Waals surface area contributed by atoms with E-state index in [1.807, 2.05) is 37.6 Å². The lowest BCUT2D eigenvalue weighted by atomic mass is 9.86. The lowest BCUT2D eigenvalue weighted by Crippen LogP contribution is -2.41. The number of carboxylic acid groups (broad SMARTS) is 1. The Morgan fingerprint density at radius 2 is 1.97 bits per heavy atom. The maximum Gasteiger partial charge on any atom is 0.394 e. The van der Waals surface area contributed by atoms with E-state index in [4.69, 9.17) is 27.9 Å².